The minimum Gasteiger partial charge on any atom is -0.420 e. The molecular formula is C22H31N3O2. The van der Waals surface area contributed by atoms with Gasteiger partial charge in [0.15, 0.2) is 5.76 Å². The predicted octanol–water partition coefficient (Wildman–Crippen LogP) is 4.44. The summed E-state index contributed by atoms with van der Waals surface area (Å²) in [5, 5.41) is 0. The van der Waals surface area contributed by atoms with Crippen molar-refractivity contribution in [1.29, 1.82) is 0 Å². The van der Waals surface area contributed by atoms with E-state index in [0.29, 0.717) is 18.3 Å². The summed E-state index contributed by atoms with van der Waals surface area (Å²) in [5.74, 6) is 0.266. The lowest BCUT2D eigenvalue weighted by Crippen LogP contribution is -2.30. The van der Waals surface area contributed by atoms with Gasteiger partial charge < -0.3 is 9.64 Å². The Hall–Kier alpha value is -2.30. The predicted molar refractivity (Wildman–Crippen MR) is 111 cm³/mol. The van der Waals surface area contributed by atoms with E-state index in [-0.39, 0.29) is 11.9 Å². The lowest BCUT2D eigenvalue weighted by molar-refractivity contribution is -0.122. The molecule has 5 nitrogen and oxygen atoms in total. The molecule has 1 saturated carbocycles. The second kappa shape index (κ2) is 9.07. The van der Waals surface area contributed by atoms with Gasteiger partial charge in [-0.05, 0) is 57.4 Å². The number of hydrogen-bond acceptors (Lipinski definition) is 4. The lowest BCUT2D eigenvalue weighted by Gasteiger charge is -2.20. The number of ether oxygens (including phenoxy) is 1. The van der Waals surface area contributed by atoms with Crippen LogP contribution in [0.1, 0.15) is 58.4 Å². The van der Waals surface area contributed by atoms with Crippen molar-refractivity contribution >= 4 is 23.7 Å². The maximum absolute atomic E-state index is 12.7. The summed E-state index contributed by atoms with van der Waals surface area (Å²) in [6.07, 6.45) is 7.70. The molecule has 1 amide bonds. The normalized spacial score (nSPS) is 21.1. The standard InChI is InChI=1S/C22H31N3O2/c1-4-24(5-2)19-14-12-17(13-15-19)16-20-21(26)25(6-3)22(27-20)23-18-10-8-7-9-11-18/h12-16,18H,4-11H2,1-3H3/b20-16+,23-22?. The van der Waals surface area contributed by atoms with Gasteiger partial charge in [0.1, 0.15) is 0 Å². The molecule has 0 bridgehead atoms. The van der Waals surface area contributed by atoms with Crippen LogP contribution in [0.3, 0.4) is 0 Å². The van der Waals surface area contributed by atoms with Gasteiger partial charge in [-0.25, -0.2) is 4.99 Å². The highest BCUT2D eigenvalue weighted by Gasteiger charge is 2.34. The first kappa shape index (κ1) is 19.5. The third kappa shape index (κ3) is 4.52. The van der Waals surface area contributed by atoms with Gasteiger partial charge in [-0.2, -0.15) is 0 Å². The molecule has 27 heavy (non-hydrogen) atoms. The summed E-state index contributed by atoms with van der Waals surface area (Å²) in [7, 11) is 0. The summed E-state index contributed by atoms with van der Waals surface area (Å²) >= 11 is 0. The summed E-state index contributed by atoms with van der Waals surface area (Å²) in [4.78, 5) is 21.4. The quantitative estimate of drug-likeness (QED) is 0.696. The van der Waals surface area contributed by atoms with E-state index in [2.05, 4.69) is 30.9 Å². The summed E-state index contributed by atoms with van der Waals surface area (Å²) in [6, 6.07) is 9.00. The van der Waals surface area contributed by atoms with Crippen molar-refractivity contribution in [1.82, 2.24) is 4.90 Å². The number of rotatable bonds is 6. The number of carbonyl (C=O) groups excluding carboxylic acids is 1. The molecule has 0 radical (unpaired) electrons. The molecule has 0 unspecified atom stereocenters. The van der Waals surface area contributed by atoms with Gasteiger partial charge in [-0.1, -0.05) is 31.4 Å². The molecule has 0 N–H and O–H groups in total. The molecule has 1 heterocycles. The molecule has 1 aromatic rings. The van der Waals surface area contributed by atoms with Crippen molar-refractivity contribution in [2.45, 2.75) is 58.9 Å². The van der Waals surface area contributed by atoms with Crippen LogP contribution in [0.4, 0.5) is 5.69 Å². The number of carbonyl (C=O) groups is 1. The van der Waals surface area contributed by atoms with Crippen molar-refractivity contribution in [2.75, 3.05) is 24.5 Å². The SMILES string of the molecule is CCN1C(=O)/C(=C\c2ccc(N(CC)CC)cc2)OC1=NC1CCCCC1. The molecule has 0 aromatic heterocycles. The van der Waals surface area contributed by atoms with E-state index in [9.17, 15) is 4.79 Å². The number of aliphatic imine (C=N–C) groups is 1. The van der Waals surface area contributed by atoms with Crippen LogP contribution in [-0.2, 0) is 9.53 Å². The minimum absolute atomic E-state index is 0.0973. The Morgan fingerprint density at radius 2 is 1.78 bits per heavy atom. The van der Waals surface area contributed by atoms with Crippen LogP contribution in [0.5, 0.6) is 0 Å². The summed E-state index contributed by atoms with van der Waals surface area (Å²) < 4.78 is 5.88. The van der Waals surface area contributed by atoms with Gasteiger partial charge in [0.2, 0.25) is 0 Å². The number of anilines is 1. The fourth-order valence-corrected chi connectivity index (χ4v) is 3.77. The van der Waals surface area contributed by atoms with Crippen LogP contribution in [0, 0.1) is 0 Å². The number of hydrogen-bond donors (Lipinski definition) is 0. The highest BCUT2D eigenvalue weighted by Crippen LogP contribution is 2.25. The zero-order valence-corrected chi connectivity index (χ0v) is 16.8. The van der Waals surface area contributed by atoms with Gasteiger partial charge in [0.25, 0.3) is 5.91 Å². The first-order valence-corrected chi connectivity index (χ1v) is 10.3. The molecule has 1 aromatic carbocycles. The maximum Gasteiger partial charge on any atom is 0.300 e. The van der Waals surface area contributed by atoms with Crippen LogP contribution in [0.15, 0.2) is 35.0 Å². The molecule has 2 fully saturated rings. The Morgan fingerprint density at radius 1 is 1.11 bits per heavy atom. The van der Waals surface area contributed by atoms with E-state index in [1.165, 1.54) is 24.9 Å². The summed E-state index contributed by atoms with van der Waals surface area (Å²) in [5.41, 5.74) is 2.15. The van der Waals surface area contributed by atoms with E-state index in [1.54, 1.807) is 4.90 Å². The maximum atomic E-state index is 12.7. The third-order valence-corrected chi connectivity index (χ3v) is 5.39. The van der Waals surface area contributed by atoms with E-state index >= 15 is 0 Å². The van der Waals surface area contributed by atoms with Crippen molar-refractivity contribution in [2.24, 2.45) is 4.99 Å². The van der Waals surface area contributed by atoms with Gasteiger partial charge in [0, 0.05) is 25.3 Å². The Bertz CT molecular complexity index is 699. The lowest BCUT2D eigenvalue weighted by atomic mass is 9.96. The fraction of sp³-hybridized carbons (Fsp3) is 0.545. The van der Waals surface area contributed by atoms with E-state index < -0.39 is 0 Å². The zero-order chi connectivity index (χ0) is 19.2. The van der Waals surface area contributed by atoms with Crippen LogP contribution in [0.25, 0.3) is 6.08 Å². The van der Waals surface area contributed by atoms with Crippen LogP contribution in [0.2, 0.25) is 0 Å². The molecule has 146 valence electrons. The minimum atomic E-state index is -0.0973. The molecule has 1 aliphatic carbocycles. The highest BCUT2D eigenvalue weighted by atomic mass is 16.5. The van der Waals surface area contributed by atoms with Crippen molar-refractivity contribution in [3.8, 4) is 0 Å². The first-order chi connectivity index (χ1) is 13.2. The molecule has 2 aliphatic rings. The second-order valence-electron chi connectivity index (χ2n) is 7.13. The van der Waals surface area contributed by atoms with Crippen LogP contribution < -0.4 is 4.90 Å². The highest BCUT2D eigenvalue weighted by molar-refractivity contribution is 6.11. The largest absolute Gasteiger partial charge is 0.420 e. The Labute approximate surface area is 162 Å². The first-order valence-electron chi connectivity index (χ1n) is 10.3. The Kier molecular flexibility index (Phi) is 6.54. The molecule has 0 spiro atoms. The van der Waals surface area contributed by atoms with Crippen LogP contribution >= 0.6 is 0 Å². The fourth-order valence-electron chi connectivity index (χ4n) is 3.77. The average Bonchev–Trinajstić information content (AvgIpc) is 2.99. The summed E-state index contributed by atoms with van der Waals surface area (Å²) in [6.45, 7) is 8.78. The number of amidine groups is 1. The number of nitrogens with zero attached hydrogens (tertiary/aromatic N) is 3. The van der Waals surface area contributed by atoms with Gasteiger partial charge in [-0.3, -0.25) is 9.69 Å². The molecule has 3 rings (SSSR count). The smallest absolute Gasteiger partial charge is 0.300 e. The van der Waals surface area contributed by atoms with Gasteiger partial charge >= 0.3 is 6.02 Å². The zero-order valence-electron chi connectivity index (χ0n) is 16.8. The van der Waals surface area contributed by atoms with Crippen molar-refractivity contribution < 1.29 is 9.53 Å². The Balaban J connectivity index is 1.77. The molecule has 5 heteroatoms. The number of likely N-dealkylation sites (N-methyl/N-ethyl adjacent to an activating group) is 1. The molecular weight excluding hydrogens is 338 g/mol. The Morgan fingerprint density at radius 3 is 2.37 bits per heavy atom. The van der Waals surface area contributed by atoms with Crippen LogP contribution in [-0.4, -0.2) is 42.5 Å². The van der Waals surface area contributed by atoms with Crippen molar-refractivity contribution in [3.05, 3.63) is 35.6 Å². The van der Waals surface area contributed by atoms with Gasteiger partial charge in [0.05, 0.1) is 6.04 Å². The monoisotopic (exact) mass is 369 g/mol. The molecule has 1 saturated heterocycles. The van der Waals surface area contributed by atoms with Gasteiger partial charge in [-0.15, -0.1) is 0 Å². The topological polar surface area (TPSA) is 45.1 Å². The van der Waals surface area contributed by atoms with Crippen molar-refractivity contribution in [3.63, 3.8) is 0 Å². The van der Waals surface area contributed by atoms with E-state index in [1.807, 2.05) is 25.1 Å². The number of benzene rings is 1. The van der Waals surface area contributed by atoms with E-state index in [0.717, 1.165) is 31.5 Å². The number of amides is 1. The second-order valence-corrected chi connectivity index (χ2v) is 7.13. The van der Waals surface area contributed by atoms with E-state index in [4.69, 9.17) is 9.73 Å². The average molecular weight is 370 g/mol. The third-order valence-electron chi connectivity index (χ3n) is 5.39. The molecule has 1 aliphatic heterocycles. The molecule has 0 atom stereocenters.